The molecule has 1 fully saturated rings. The van der Waals surface area contributed by atoms with E-state index in [1.807, 2.05) is 0 Å². The maximum atomic E-state index is 13.7. The Balaban J connectivity index is 2.13. The minimum absolute atomic E-state index is 0.0989. The third kappa shape index (κ3) is 2.53. The van der Waals surface area contributed by atoms with Crippen LogP contribution >= 0.6 is 0 Å². The first-order valence-electron chi connectivity index (χ1n) is 6.46. The van der Waals surface area contributed by atoms with Crippen molar-refractivity contribution in [2.75, 3.05) is 13.1 Å². The maximum absolute atomic E-state index is 13.7. The number of Topliss-reactive ketones (excluding diaryl/α,β-unsaturated/α-hetero) is 1. The summed E-state index contributed by atoms with van der Waals surface area (Å²) in [6, 6.07) is 6.41. The zero-order valence-corrected chi connectivity index (χ0v) is 11.8. The van der Waals surface area contributed by atoms with Crippen molar-refractivity contribution in [3.05, 3.63) is 35.4 Å². The van der Waals surface area contributed by atoms with Crippen LogP contribution < -0.4 is 0 Å². The Morgan fingerprint density at radius 1 is 1.25 bits per heavy atom. The van der Waals surface area contributed by atoms with Gasteiger partial charge < -0.3 is 10.0 Å². The molecule has 0 unspecified atom stereocenters. The average Bonchev–Trinajstić information content (AvgIpc) is 2.33. The van der Waals surface area contributed by atoms with E-state index in [1.54, 1.807) is 31.2 Å². The number of carboxylic acid groups (broad SMARTS) is 1. The first kappa shape index (κ1) is 14.5. The van der Waals surface area contributed by atoms with Gasteiger partial charge in [-0.05, 0) is 26.3 Å². The molecule has 0 aromatic heterocycles. The van der Waals surface area contributed by atoms with Crippen molar-refractivity contribution in [2.24, 2.45) is 5.41 Å². The van der Waals surface area contributed by atoms with Crippen molar-refractivity contribution < 1.29 is 19.1 Å². The number of carbonyl (C=O) groups excluding carboxylic acids is 1. The van der Waals surface area contributed by atoms with Crippen LogP contribution in [0.1, 0.15) is 36.7 Å². The van der Waals surface area contributed by atoms with E-state index in [0.717, 1.165) is 0 Å². The number of likely N-dealkylation sites (tertiary alicyclic amines) is 1. The highest BCUT2D eigenvalue weighted by Gasteiger charge is 2.47. The molecule has 1 saturated heterocycles. The molecule has 0 atom stereocenters. The van der Waals surface area contributed by atoms with Crippen LogP contribution in [0.3, 0.4) is 0 Å². The summed E-state index contributed by atoms with van der Waals surface area (Å²) in [5, 5.41) is 8.82. The number of carbonyl (C=O) groups is 2. The van der Waals surface area contributed by atoms with Gasteiger partial charge >= 0.3 is 6.09 Å². The molecule has 1 amide bonds. The predicted molar refractivity (Wildman–Crippen MR) is 72.6 cm³/mol. The molecular formula is C15H18FNO3. The van der Waals surface area contributed by atoms with Crippen LogP contribution in [0.4, 0.5) is 9.18 Å². The van der Waals surface area contributed by atoms with Crippen LogP contribution in [-0.2, 0) is 5.67 Å². The molecule has 1 aromatic rings. The van der Waals surface area contributed by atoms with Crippen molar-refractivity contribution in [3.8, 4) is 0 Å². The zero-order valence-electron chi connectivity index (χ0n) is 11.8. The lowest BCUT2D eigenvalue weighted by molar-refractivity contribution is 0.0236. The molecule has 2 rings (SSSR count). The first-order valence-corrected chi connectivity index (χ1v) is 6.46. The fourth-order valence-corrected chi connectivity index (χ4v) is 2.44. The van der Waals surface area contributed by atoms with Crippen LogP contribution in [0.15, 0.2) is 24.3 Å². The van der Waals surface area contributed by atoms with Gasteiger partial charge in [0.05, 0.1) is 5.41 Å². The van der Waals surface area contributed by atoms with Gasteiger partial charge in [-0.2, -0.15) is 0 Å². The summed E-state index contributed by atoms with van der Waals surface area (Å²) < 4.78 is 13.7. The molecular weight excluding hydrogens is 261 g/mol. The van der Waals surface area contributed by atoms with Gasteiger partial charge in [-0.1, -0.05) is 24.3 Å². The highest BCUT2D eigenvalue weighted by molar-refractivity contribution is 6.01. The van der Waals surface area contributed by atoms with Gasteiger partial charge in [0.2, 0.25) is 0 Å². The van der Waals surface area contributed by atoms with E-state index < -0.39 is 17.2 Å². The van der Waals surface area contributed by atoms with Crippen LogP contribution in [0.2, 0.25) is 0 Å². The number of amides is 1. The normalized spacial score (nSPS) is 17.5. The van der Waals surface area contributed by atoms with E-state index in [0.29, 0.717) is 11.1 Å². The van der Waals surface area contributed by atoms with Crippen LogP contribution in [0.5, 0.6) is 0 Å². The van der Waals surface area contributed by atoms with Crippen molar-refractivity contribution in [1.29, 1.82) is 0 Å². The molecule has 4 nitrogen and oxygen atoms in total. The van der Waals surface area contributed by atoms with Crippen LogP contribution in [-0.4, -0.2) is 35.0 Å². The Labute approximate surface area is 117 Å². The molecule has 1 aromatic carbocycles. The second kappa shape index (κ2) is 4.58. The smallest absolute Gasteiger partial charge is 0.407 e. The Morgan fingerprint density at radius 3 is 2.15 bits per heavy atom. The lowest BCUT2D eigenvalue weighted by Crippen LogP contribution is -2.60. The Bertz CT molecular complexity index is 539. The highest BCUT2D eigenvalue weighted by atomic mass is 19.1. The van der Waals surface area contributed by atoms with Crippen LogP contribution in [0.25, 0.3) is 0 Å². The number of hydrogen-bond donors (Lipinski definition) is 1. The third-order valence-corrected chi connectivity index (χ3v) is 3.73. The molecule has 0 spiro atoms. The van der Waals surface area contributed by atoms with E-state index >= 15 is 0 Å². The minimum Gasteiger partial charge on any atom is -0.465 e. The Kier molecular flexibility index (Phi) is 3.32. The van der Waals surface area contributed by atoms with Gasteiger partial charge in [0.25, 0.3) is 0 Å². The summed E-state index contributed by atoms with van der Waals surface area (Å²) in [5.41, 5.74) is -1.11. The molecule has 0 bridgehead atoms. The number of nitrogens with zero attached hydrogens (tertiary/aromatic N) is 1. The third-order valence-electron chi connectivity index (χ3n) is 3.73. The quantitative estimate of drug-likeness (QED) is 0.865. The molecule has 1 heterocycles. The molecule has 108 valence electrons. The fraction of sp³-hybridized carbons (Fsp3) is 0.467. The fourth-order valence-electron chi connectivity index (χ4n) is 2.44. The maximum Gasteiger partial charge on any atom is 0.407 e. The van der Waals surface area contributed by atoms with Crippen molar-refractivity contribution >= 4 is 11.9 Å². The predicted octanol–water partition coefficient (Wildman–Crippen LogP) is 3.07. The van der Waals surface area contributed by atoms with E-state index in [9.17, 15) is 14.0 Å². The van der Waals surface area contributed by atoms with E-state index in [4.69, 9.17) is 5.11 Å². The molecule has 1 aliphatic heterocycles. The molecule has 0 saturated carbocycles. The van der Waals surface area contributed by atoms with Gasteiger partial charge in [0.15, 0.2) is 5.78 Å². The first-order chi connectivity index (χ1) is 9.13. The summed E-state index contributed by atoms with van der Waals surface area (Å²) in [7, 11) is 0. The summed E-state index contributed by atoms with van der Waals surface area (Å²) in [5.74, 6) is -0.0989. The number of rotatable bonds is 3. The van der Waals surface area contributed by atoms with Crippen LogP contribution in [0, 0.1) is 5.41 Å². The highest BCUT2D eigenvalue weighted by Crippen LogP contribution is 2.34. The minimum atomic E-state index is -1.44. The largest absolute Gasteiger partial charge is 0.465 e. The van der Waals surface area contributed by atoms with Crippen molar-refractivity contribution in [1.82, 2.24) is 4.90 Å². The molecule has 1 aliphatic rings. The lowest BCUT2D eigenvalue weighted by Gasteiger charge is -2.45. The van der Waals surface area contributed by atoms with Crippen molar-refractivity contribution in [2.45, 2.75) is 26.4 Å². The summed E-state index contributed by atoms with van der Waals surface area (Å²) in [6.45, 7) is 5.08. The average molecular weight is 279 g/mol. The topological polar surface area (TPSA) is 57.6 Å². The van der Waals surface area contributed by atoms with Gasteiger partial charge in [-0.25, -0.2) is 9.18 Å². The molecule has 20 heavy (non-hydrogen) atoms. The number of alkyl halides is 1. The summed E-state index contributed by atoms with van der Waals surface area (Å²) in [4.78, 5) is 24.3. The van der Waals surface area contributed by atoms with Gasteiger partial charge in [0, 0.05) is 18.7 Å². The SMILES string of the molecule is CC1(C(=O)c2ccc(C(C)(C)F)cc2)CN(C(=O)O)C1. The van der Waals surface area contributed by atoms with Crippen molar-refractivity contribution in [3.63, 3.8) is 0 Å². The zero-order chi connectivity index (χ0) is 15.1. The molecule has 0 radical (unpaired) electrons. The number of ketones is 1. The lowest BCUT2D eigenvalue weighted by atomic mass is 9.75. The van der Waals surface area contributed by atoms with Gasteiger partial charge in [0.1, 0.15) is 5.67 Å². The monoisotopic (exact) mass is 279 g/mol. The van der Waals surface area contributed by atoms with E-state index in [2.05, 4.69) is 0 Å². The Morgan fingerprint density at radius 2 is 1.75 bits per heavy atom. The van der Waals surface area contributed by atoms with Gasteiger partial charge in [-0.3, -0.25) is 4.79 Å². The molecule has 0 aliphatic carbocycles. The standard InChI is InChI=1S/C15H18FNO3/c1-14(2,16)11-6-4-10(5-7-11)12(18)15(3)8-17(9-15)13(19)20/h4-7H,8-9H2,1-3H3,(H,19,20). The molecule has 5 heteroatoms. The Hall–Kier alpha value is -1.91. The summed E-state index contributed by atoms with van der Waals surface area (Å²) >= 11 is 0. The van der Waals surface area contributed by atoms with Gasteiger partial charge in [-0.15, -0.1) is 0 Å². The summed E-state index contributed by atoms with van der Waals surface area (Å²) in [6.07, 6.45) is -1.01. The number of halogens is 1. The number of benzene rings is 1. The van der Waals surface area contributed by atoms with E-state index in [-0.39, 0.29) is 18.9 Å². The second-order valence-corrected chi connectivity index (χ2v) is 6.08. The molecule has 1 N–H and O–H groups in total. The van der Waals surface area contributed by atoms with E-state index in [1.165, 1.54) is 18.7 Å². The second-order valence-electron chi connectivity index (χ2n) is 6.08. The number of hydrogen-bond acceptors (Lipinski definition) is 2.